The third-order valence-corrected chi connectivity index (χ3v) is 5.55. The maximum Gasteiger partial charge on any atom is 0.193 e. The molecule has 0 radical (unpaired) electrons. The molecule has 0 N–H and O–H groups in total. The zero-order valence-electron chi connectivity index (χ0n) is 11.8. The van der Waals surface area contributed by atoms with Crippen molar-refractivity contribution in [3.05, 3.63) is 96.1 Å². The van der Waals surface area contributed by atoms with E-state index in [-0.39, 0.29) is 5.78 Å². The lowest BCUT2D eigenvalue weighted by atomic mass is 10.0. The molecule has 0 saturated heterocycles. The molecule has 0 saturated carbocycles. The van der Waals surface area contributed by atoms with Gasteiger partial charge < -0.3 is 0 Å². The van der Waals surface area contributed by atoms with Gasteiger partial charge in [-0.3, -0.25) is 4.79 Å². The molecule has 3 rings (SSSR count). The Hall–Kier alpha value is -1.97. The second-order valence-electron chi connectivity index (χ2n) is 4.70. The van der Waals surface area contributed by atoms with E-state index in [1.165, 1.54) is 4.90 Å². The number of carbonyl (C=O) groups excluding carboxylic acids is 1. The zero-order valence-corrected chi connectivity index (χ0v) is 13.4. The van der Waals surface area contributed by atoms with Crippen LogP contribution in [0.2, 0.25) is 0 Å². The maximum absolute atomic E-state index is 12.3. The molecule has 0 atom stereocenters. The molecule has 1 nitrogen and oxygen atoms in total. The minimum Gasteiger partial charge on any atom is -0.289 e. The van der Waals surface area contributed by atoms with Crippen LogP contribution in [0.1, 0.15) is 15.9 Å². The van der Waals surface area contributed by atoms with Crippen LogP contribution in [0.3, 0.4) is 0 Å². The van der Waals surface area contributed by atoms with Crippen LogP contribution in [0.5, 0.6) is 0 Å². The van der Waals surface area contributed by atoms with Gasteiger partial charge in [-0.25, -0.2) is 0 Å². The predicted molar refractivity (Wildman–Crippen MR) is 94.5 cm³/mol. The molecule has 3 heteroatoms. The van der Waals surface area contributed by atoms with E-state index < -0.39 is 0 Å². The first-order chi connectivity index (χ1) is 10.8. The lowest BCUT2D eigenvalue weighted by molar-refractivity contribution is 0.103. The highest BCUT2D eigenvalue weighted by Gasteiger charge is 2.08. The van der Waals surface area contributed by atoms with Gasteiger partial charge in [0, 0.05) is 20.9 Å². The third-order valence-electron chi connectivity index (χ3n) is 3.13. The van der Waals surface area contributed by atoms with Crippen LogP contribution in [0.25, 0.3) is 0 Å². The molecule has 0 fully saturated rings. The van der Waals surface area contributed by atoms with Gasteiger partial charge in [0.15, 0.2) is 5.78 Å². The van der Waals surface area contributed by atoms with Crippen LogP contribution in [0, 0.1) is 0 Å². The summed E-state index contributed by atoms with van der Waals surface area (Å²) in [5.74, 6) is 0.0628. The number of hydrogen-bond acceptors (Lipinski definition) is 3. The molecule has 0 aliphatic heterocycles. The first-order valence-corrected chi connectivity index (χ1v) is 9.07. The standard InChI is InChI=1S/C19H14OS2/c20-19(15-7-3-1-4-8-15)16-11-13-18(14-12-16)22-21-17-9-5-2-6-10-17/h1-14H. The van der Waals surface area contributed by atoms with Crippen molar-refractivity contribution in [1.29, 1.82) is 0 Å². The number of ketones is 1. The summed E-state index contributed by atoms with van der Waals surface area (Å²) in [6.45, 7) is 0. The van der Waals surface area contributed by atoms with E-state index in [1.807, 2.05) is 72.8 Å². The lowest BCUT2D eigenvalue weighted by Gasteiger charge is -2.04. The van der Waals surface area contributed by atoms with Gasteiger partial charge in [-0.2, -0.15) is 0 Å². The van der Waals surface area contributed by atoms with Gasteiger partial charge in [-0.15, -0.1) is 0 Å². The Morgan fingerprint density at radius 3 is 1.59 bits per heavy atom. The zero-order chi connectivity index (χ0) is 15.2. The van der Waals surface area contributed by atoms with Crippen LogP contribution < -0.4 is 0 Å². The van der Waals surface area contributed by atoms with Crippen LogP contribution >= 0.6 is 21.6 Å². The SMILES string of the molecule is O=C(c1ccccc1)c1ccc(SSc2ccccc2)cc1. The molecule has 0 aliphatic rings. The lowest BCUT2D eigenvalue weighted by Crippen LogP contribution is -2.00. The van der Waals surface area contributed by atoms with Gasteiger partial charge in [0.05, 0.1) is 0 Å². The summed E-state index contributed by atoms with van der Waals surface area (Å²) in [6, 6.07) is 27.4. The highest BCUT2D eigenvalue weighted by atomic mass is 33.1. The largest absolute Gasteiger partial charge is 0.289 e. The van der Waals surface area contributed by atoms with E-state index in [0.29, 0.717) is 0 Å². The average Bonchev–Trinajstić information content (AvgIpc) is 2.61. The van der Waals surface area contributed by atoms with Crippen molar-refractivity contribution < 1.29 is 4.79 Å². The highest BCUT2D eigenvalue weighted by Crippen LogP contribution is 2.37. The van der Waals surface area contributed by atoms with Crippen molar-refractivity contribution in [1.82, 2.24) is 0 Å². The normalized spacial score (nSPS) is 10.4. The summed E-state index contributed by atoms with van der Waals surface area (Å²) in [6.07, 6.45) is 0. The summed E-state index contributed by atoms with van der Waals surface area (Å²) < 4.78 is 0. The second-order valence-corrected chi connectivity index (χ2v) is 6.98. The molecular formula is C19H14OS2. The maximum atomic E-state index is 12.3. The highest BCUT2D eigenvalue weighted by molar-refractivity contribution is 8.76. The van der Waals surface area contributed by atoms with Crippen molar-refractivity contribution in [2.24, 2.45) is 0 Å². The van der Waals surface area contributed by atoms with E-state index in [9.17, 15) is 4.79 Å². The molecule has 0 aliphatic carbocycles. The quantitative estimate of drug-likeness (QED) is 0.442. The summed E-state index contributed by atoms with van der Waals surface area (Å²) in [7, 11) is 3.41. The minimum absolute atomic E-state index is 0.0628. The minimum atomic E-state index is 0.0628. The molecule has 3 aromatic rings. The first kappa shape index (κ1) is 14.9. The van der Waals surface area contributed by atoms with Crippen LogP contribution in [-0.4, -0.2) is 5.78 Å². The summed E-state index contributed by atoms with van der Waals surface area (Å²) in [4.78, 5) is 14.7. The van der Waals surface area contributed by atoms with E-state index in [2.05, 4.69) is 12.1 Å². The number of rotatable bonds is 5. The number of carbonyl (C=O) groups is 1. The third kappa shape index (κ3) is 3.81. The monoisotopic (exact) mass is 322 g/mol. The second kappa shape index (κ2) is 7.34. The Kier molecular flexibility index (Phi) is 4.99. The predicted octanol–water partition coefficient (Wildman–Crippen LogP) is 5.72. The molecule has 3 aromatic carbocycles. The van der Waals surface area contributed by atoms with Gasteiger partial charge in [-0.1, -0.05) is 70.1 Å². The van der Waals surface area contributed by atoms with Crippen molar-refractivity contribution in [2.45, 2.75) is 9.79 Å². The van der Waals surface area contributed by atoms with Crippen molar-refractivity contribution in [3.8, 4) is 0 Å². The fourth-order valence-electron chi connectivity index (χ4n) is 1.99. The van der Waals surface area contributed by atoms with Crippen molar-refractivity contribution in [2.75, 3.05) is 0 Å². The van der Waals surface area contributed by atoms with Gasteiger partial charge in [0.1, 0.15) is 0 Å². The van der Waals surface area contributed by atoms with Gasteiger partial charge in [-0.05, 0) is 36.4 Å². The topological polar surface area (TPSA) is 17.1 Å². The Bertz CT molecular complexity index is 737. The molecule has 0 unspecified atom stereocenters. The van der Waals surface area contributed by atoms with Crippen LogP contribution in [0.4, 0.5) is 0 Å². The molecule has 0 heterocycles. The molecule has 0 aromatic heterocycles. The number of benzene rings is 3. The fourth-order valence-corrected chi connectivity index (χ4v) is 3.94. The van der Waals surface area contributed by atoms with Gasteiger partial charge in [0.25, 0.3) is 0 Å². The Morgan fingerprint density at radius 1 is 0.545 bits per heavy atom. The smallest absolute Gasteiger partial charge is 0.193 e. The van der Waals surface area contributed by atoms with Crippen LogP contribution in [-0.2, 0) is 0 Å². The summed E-state index contributed by atoms with van der Waals surface area (Å²) in [5, 5.41) is 0. The van der Waals surface area contributed by atoms with Crippen molar-refractivity contribution >= 4 is 27.4 Å². The van der Waals surface area contributed by atoms with E-state index >= 15 is 0 Å². The van der Waals surface area contributed by atoms with Crippen molar-refractivity contribution in [3.63, 3.8) is 0 Å². The van der Waals surface area contributed by atoms with E-state index in [0.717, 1.165) is 16.0 Å². The van der Waals surface area contributed by atoms with Crippen LogP contribution in [0.15, 0.2) is 94.7 Å². The van der Waals surface area contributed by atoms with Gasteiger partial charge in [0.2, 0.25) is 0 Å². The summed E-state index contributed by atoms with van der Waals surface area (Å²) in [5.41, 5.74) is 1.45. The molecule has 0 bridgehead atoms. The Balaban J connectivity index is 1.67. The molecule has 108 valence electrons. The first-order valence-electron chi connectivity index (χ1n) is 6.92. The molecule has 0 amide bonds. The molecule has 0 spiro atoms. The molecular weight excluding hydrogens is 308 g/mol. The van der Waals surface area contributed by atoms with E-state index in [4.69, 9.17) is 0 Å². The van der Waals surface area contributed by atoms with Gasteiger partial charge >= 0.3 is 0 Å². The Morgan fingerprint density at radius 2 is 1.00 bits per heavy atom. The summed E-state index contributed by atoms with van der Waals surface area (Å²) >= 11 is 0. The average molecular weight is 322 g/mol. The molecule has 22 heavy (non-hydrogen) atoms. The van der Waals surface area contributed by atoms with E-state index in [1.54, 1.807) is 21.6 Å². The fraction of sp³-hybridized carbons (Fsp3) is 0. The number of hydrogen-bond donors (Lipinski definition) is 0. The Labute approximate surface area is 138 Å².